The number of aromatic nitrogens is 3. The summed E-state index contributed by atoms with van der Waals surface area (Å²) in [6.45, 7) is 4.27. The van der Waals surface area contributed by atoms with Gasteiger partial charge in [-0.15, -0.1) is 10.2 Å². The summed E-state index contributed by atoms with van der Waals surface area (Å²) < 4.78 is 7.49. The summed E-state index contributed by atoms with van der Waals surface area (Å²) in [5, 5.41) is 8.78. The summed E-state index contributed by atoms with van der Waals surface area (Å²) in [4.78, 5) is 12.1. The lowest BCUT2D eigenvalue weighted by atomic mass is 9.89. The molecule has 0 spiro atoms. The molecular weight excluding hydrogens is 322 g/mol. The average Bonchev–Trinajstić information content (AvgIpc) is 3.02. The molecule has 1 aromatic heterocycles. The van der Waals surface area contributed by atoms with Crippen molar-refractivity contribution >= 4 is 17.7 Å². The van der Waals surface area contributed by atoms with Crippen molar-refractivity contribution in [2.75, 3.05) is 5.75 Å². The monoisotopic (exact) mass is 345 g/mol. The molecule has 128 valence electrons. The van der Waals surface area contributed by atoms with Gasteiger partial charge in [0, 0.05) is 5.69 Å². The molecule has 6 heteroatoms. The van der Waals surface area contributed by atoms with Crippen LogP contribution in [0.3, 0.4) is 0 Å². The van der Waals surface area contributed by atoms with Crippen LogP contribution in [0, 0.1) is 12.8 Å². The third-order valence-electron chi connectivity index (χ3n) is 4.33. The van der Waals surface area contributed by atoms with Crippen molar-refractivity contribution in [2.45, 2.75) is 50.8 Å². The molecule has 2 unspecified atom stereocenters. The van der Waals surface area contributed by atoms with Crippen LogP contribution in [-0.4, -0.2) is 32.6 Å². The molecule has 0 aliphatic heterocycles. The molecule has 3 rings (SSSR count). The maximum Gasteiger partial charge on any atom is 0.316 e. The number of ether oxygens (including phenoxy) is 1. The van der Waals surface area contributed by atoms with Crippen LogP contribution in [0.2, 0.25) is 0 Å². The largest absolute Gasteiger partial charge is 0.462 e. The number of nitrogens with zero attached hydrogens (tertiary/aromatic N) is 3. The van der Waals surface area contributed by atoms with E-state index in [9.17, 15) is 4.79 Å². The zero-order valence-electron chi connectivity index (χ0n) is 14.1. The van der Waals surface area contributed by atoms with Crippen LogP contribution in [-0.2, 0) is 9.53 Å². The predicted octanol–water partition coefficient (Wildman–Crippen LogP) is 3.79. The van der Waals surface area contributed by atoms with Gasteiger partial charge in [0.25, 0.3) is 0 Å². The fraction of sp³-hybridized carbons (Fsp3) is 0.500. The summed E-state index contributed by atoms with van der Waals surface area (Å²) in [7, 11) is 0. The first-order chi connectivity index (χ1) is 11.6. The molecule has 2 aromatic rings. The van der Waals surface area contributed by atoms with Crippen molar-refractivity contribution in [2.24, 2.45) is 5.92 Å². The van der Waals surface area contributed by atoms with E-state index >= 15 is 0 Å². The molecule has 0 N–H and O–H groups in total. The number of benzene rings is 1. The number of esters is 1. The zero-order valence-corrected chi connectivity index (χ0v) is 15.0. The first-order valence-electron chi connectivity index (χ1n) is 8.41. The lowest BCUT2D eigenvalue weighted by Crippen LogP contribution is -2.25. The lowest BCUT2D eigenvalue weighted by molar-refractivity contribution is -0.147. The summed E-state index contributed by atoms with van der Waals surface area (Å²) in [5.74, 6) is 0.738. The number of carbonyl (C=O) groups is 1. The van der Waals surface area contributed by atoms with Crippen LogP contribution in [0.5, 0.6) is 0 Å². The molecule has 1 aliphatic rings. The maximum absolute atomic E-state index is 12.1. The first-order valence-corrected chi connectivity index (χ1v) is 9.39. The van der Waals surface area contributed by atoms with E-state index in [0.717, 1.165) is 24.9 Å². The molecule has 24 heavy (non-hydrogen) atoms. The minimum Gasteiger partial charge on any atom is -0.462 e. The van der Waals surface area contributed by atoms with Crippen LogP contribution >= 0.6 is 11.8 Å². The van der Waals surface area contributed by atoms with Crippen molar-refractivity contribution in [3.05, 3.63) is 36.2 Å². The Morgan fingerprint density at radius 2 is 2.12 bits per heavy atom. The minimum atomic E-state index is -0.169. The van der Waals surface area contributed by atoms with Gasteiger partial charge in [-0.2, -0.15) is 0 Å². The van der Waals surface area contributed by atoms with Crippen molar-refractivity contribution in [1.29, 1.82) is 0 Å². The molecular formula is C18H23N3O2S. The van der Waals surface area contributed by atoms with Crippen LogP contribution in [0.15, 0.2) is 35.7 Å². The summed E-state index contributed by atoms with van der Waals surface area (Å²) in [6, 6.07) is 8.12. The lowest BCUT2D eigenvalue weighted by Gasteiger charge is -2.26. The average molecular weight is 345 g/mol. The fourth-order valence-corrected chi connectivity index (χ4v) is 3.75. The van der Waals surface area contributed by atoms with E-state index in [1.807, 2.05) is 35.8 Å². The Morgan fingerprint density at radius 3 is 2.88 bits per heavy atom. The van der Waals surface area contributed by atoms with Gasteiger partial charge in [0.05, 0.1) is 5.75 Å². The van der Waals surface area contributed by atoms with Crippen molar-refractivity contribution in [3.63, 3.8) is 0 Å². The summed E-state index contributed by atoms with van der Waals surface area (Å²) in [6.07, 6.45) is 6.10. The summed E-state index contributed by atoms with van der Waals surface area (Å²) in [5.41, 5.74) is 2.19. The summed E-state index contributed by atoms with van der Waals surface area (Å²) >= 11 is 1.37. The molecule has 1 heterocycles. The van der Waals surface area contributed by atoms with E-state index in [-0.39, 0.29) is 17.8 Å². The number of hydrogen-bond acceptors (Lipinski definition) is 5. The Balaban J connectivity index is 1.56. The van der Waals surface area contributed by atoms with Gasteiger partial charge in [-0.05, 0) is 44.2 Å². The number of aryl methyl sites for hydroxylation is 1. The smallest absolute Gasteiger partial charge is 0.316 e. The molecule has 0 amide bonds. The number of thioether (sulfide) groups is 1. The third kappa shape index (κ3) is 4.38. The van der Waals surface area contributed by atoms with E-state index < -0.39 is 0 Å². The zero-order chi connectivity index (χ0) is 16.9. The molecule has 0 bridgehead atoms. The minimum absolute atomic E-state index is 0.0804. The quantitative estimate of drug-likeness (QED) is 0.609. The van der Waals surface area contributed by atoms with Gasteiger partial charge < -0.3 is 4.74 Å². The second-order valence-electron chi connectivity index (χ2n) is 6.49. The van der Waals surface area contributed by atoms with Gasteiger partial charge >= 0.3 is 5.97 Å². The van der Waals surface area contributed by atoms with E-state index in [4.69, 9.17) is 4.74 Å². The topological polar surface area (TPSA) is 57.0 Å². The highest BCUT2D eigenvalue weighted by atomic mass is 32.2. The molecule has 1 aliphatic carbocycles. The van der Waals surface area contributed by atoms with Gasteiger partial charge in [-0.1, -0.05) is 42.8 Å². The molecule has 1 saturated carbocycles. The number of hydrogen-bond donors (Lipinski definition) is 0. The second kappa shape index (κ2) is 7.83. The van der Waals surface area contributed by atoms with Crippen molar-refractivity contribution in [3.8, 4) is 5.69 Å². The molecule has 0 saturated heterocycles. The number of rotatable bonds is 5. The van der Waals surface area contributed by atoms with Crippen LogP contribution in [0.1, 0.15) is 38.2 Å². The van der Waals surface area contributed by atoms with Gasteiger partial charge in [-0.3, -0.25) is 9.36 Å². The van der Waals surface area contributed by atoms with Crippen molar-refractivity contribution < 1.29 is 9.53 Å². The van der Waals surface area contributed by atoms with Crippen LogP contribution in [0.25, 0.3) is 5.69 Å². The van der Waals surface area contributed by atoms with Crippen LogP contribution in [0.4, 0.5) is 0 Å². The Labute approximate surface area is 146 Å². The molecule has 1 aromatic carbocycles. The fourth-order valence-electron chi connectivity index (χ4n) is 3.03. The van der Waals surface area contributed by atoms with Crippen LogP contribution < -0.4 is 0 Å². The molecule has 5 nitrogen and oxygen atoms in total. The van der Waals surface area contributed by atoms with E-state index in [1.165, 1.54) is 23.7 Å². The van der Waals surface area contributed by atoms with E-state index in [0.29, 0.717) is 11.1 Å². The van der Waals surface area contributed by atoms with Gasteiger partial charge in [0.2, 0.25) is 0 Å². The molecule has 0 radical (unpaired) electrons. The molecule has 1 fully saturated rings. The predicted molar refractivity (Wildman–Crippen MR) is 94.3 cm³/mol. The maximum atomic E-state index is 12.1. The van der Waals surface area contributed by atoms with Gasteiger partial charge in [-0.25, -0.2) is 0 Å². The van der Waals surface area contributed by atoms with Gasteiger partial charge in [0.15, 0.2) is 5.16 Å². The van der Waals surface area contributed by atoms with E-state index in [1.54, 1.807) is 6.33 Å². The SMILES string of the molecule is Cc1ccc(-n2cnnc2SCC(=O)OC2CCCC(C)C2)cc1. The Bertz CT molecular complexity index is 684. The highest BCUT2D eigenvalue weighted by molar-refractivity contribution is 7.99. The van der Waals surface area contributed by atoms with Gasteiger partial charge in [0.1, 0.15) is 12.4 Å². The first kappa shape index (κ1) is 17.0. The Hall–Kier alpha value is -1.82. The van der Waals surface area contributed by atoms with E-state index in [2.05, 4.69) is 17.1 Å². The third-order valence-corrected chi connectivity index (χ3v) is 5.25. The van der Waals surface area contributed by atoms with Crippen molar-refractivity contribution in [1.82, 2.24) is 14.8 Å². The second-order valence-corrected chi connectivity index (χ2v) is 7.43. The number of carbonyl (C=O) groups excluding carboxylic acids is 1. The Morgan fingerprint density at radius 1 is 1.33 bits per heavy atom. The Kier molecular flexibility index (Phi) is 5.56. The molecule has 2 atom stereocenters. The highest BCUT2D eigenvalue weighted by Crippen LogP contribution is 2.26. The highest BCUT2D eigenvalue weighted by Gasteiger charge is 2.22. The standard InChI is InChI=1S/C18H23N3O2S/c1-13-6-8-15(9-7-13)21-12-19-20-18(21)24-11-17(22)23-16-5-3-4-14(2)10-16/h6-9,12,14,16H,3-5,10-11H2,1-2H3. The normalized spacial score (nSPS) is 20.8.